The largest absolute Gasteiger partial charge is 0.326 e. The first-order valence-electron chi connectivity index (χ1n) is 8.47. The molecule has 2 nitrogen and oxygen atoms in total. The lowest BCUT2D eigenvalue weighted by atomic mass is 9.84. The molecule has 1 aliphatic carbocycles. The molecule has 4 unspecified atom stereocenters. The number of hydrogen-bond acceptors (Lipinski definition) is 2. The molecule has 0 radical (unpaired) electrons. The zero-order valence-corrected chi connectivity index (χ0v) is 13.7. The van der Waals surface area contributed by atoms with E-state index in [0.717, 1.165) is 23.4 Å². The van der Waals surface area contributed by atoms with Gasteiger partial charge in [0.15, 0.2) is 0 Å². The van der Waals surface area contributed by atoms with Crippen LogP contribution in [-0.4, -0.2) is 23.5 Å². The summed E-state index contributed by atoms with van der Waals surface area (Å²) in [5, 5.41) is 0.805. The fraction of sp³-hybridized carbons (Fsp3) is 0.667. The van der Waals surface area contributed by atoms with Crippen LogP contribution in [0.5, 0.6) is 0 Å². The van der Waals surface area contributed by atoms with Gasteiger partial charge in [0.1, 0.15) is 0 Å². The molecule has 1 aliphatic heterocycles. The molecule has 3 rings (SSSR count). The summed E-state index contributed by atoms with van der Waals surface area (Å²) in [7, 11) is 0. The third kappa shape index (κ3) is 3.13. The third-order valence-electron chi connectivity index (χ3n) is 5.50. The van der Waals surface area contributed by atoms with Crippen LogP contribution in [0.2, 0.25) is 5.02 Å². The Morgan fingerprint density at radius 1 is 1.19 bits per heavy atom. The minimum atomic E-state index is 0.201. The molecule has 2 N–H and O–H groups in total. The second kappa shape index (κ2) is 6.68. The summed E-state index contributed by atoms with van der Waals surface area (Å²) in [6.07, 6.45) is 7.93. The Bertz CT molecular complexity index is 459. The fourth-order valence-corrected chi connectivity index (χ4v) is 4.48. The van der Waals surface area contributed by atoms with Gasteiger partial charge in [0.25, 0.3) is 0 Å². The summed E-state index contributed by atoms with van der Waals surface area (Å²) in [6.45, 7) is 3.40. The normalized spacial score (nSPS) is 29.1. The molecule has 0 aromatic heterocycles. The Labute approximate surface area is 133 Å². The first-order chi connectivity index (χ1) is 10.2. The zero-order valence-electron chi connectivity index (χ0n) is 13.0. The Balaban J connectivity index is 1.87. The van der Waals surface area contributed by atoms with Crippen molar-refractivity contribution in [2.24, 2.45) is 11.7 Å². The van der Waals surface area contributed by atoms with Gasteiger partial charge >= 0.3 is 0 Å². The van der Waals surface area contributed by atoms with Gasteiger partial charge in [-0.2, -0.15) is 0 Å². The van der Waals surface area contributed by atoms with E-state index in [-0.39, 0.29) is 6.04 Å². The van der Waals surface area contributed by atoms with Gasteiger partial charge in [0.05, 0.1) is 6.04 Å². The Morgan fingerprint density at radius 3 is 2.62 bits per heavy atom. The maximum absolute atomic E-state index is 6.51. The molecule has 3 heteroatoms. The molecule has 2 fully saturated rings. The molecule has 1 saturated carbocycles. The molecule has 21 heavy (non-hydrogen) atoms. The Morgan fingerprint density at radius 2 is 1.90 bits per heavy atom. The van der Waals surface area contributed by atoms with E-state index in [2.05, 4.69) is 24.0 Å². The van der Waals surface area contributed by atoms with Gasteiger partial charge in [0, 0.05) is 17.1 Å². The van der Waals surface area contributed by atoms with Gasteiger partial charge in [-0.15, -0.1) is 0 Å². The van der Waals surface area contributed by atoms with Crippen molar-refractivity contribution < 1.29 is 0 Å². The van der Waals surface area contributed by atoms with Crippen LogP contribution in [-0.2, 0) is 0 Å². The van der Waals surface area contributed by atoms with Crippen molar-refractivity contribution in [3.05, 3.63) is 34.9 Å². The molecule has 0 spiro atoms. The van der Waals surface area contributed by atoms with Gasteiger partial charge in [-0.25, -0.2) is 0 Å². The van der Waals surface area contributed by atoms with Crippen molar-refractivity contribution in [1.82, 2.24) is 4.90 Å². The van der Waals surface area contributed by atoms with Gasteiger partial charge < -0.3 is 5.73 Å². The van der Waals surface area contributed by atoms with Crippen LogP contribution < -0.4 is 5.73 Å². The maximum Gasteiger partial charge on any atom is 0.0502 e. The summed E-state index contributed by atoms with van der Waals surface area (Å²) in [5.74, 6) is 0.901. The molecule has 1 saturated heterocycles. The van der Waals surface area contributed by atoms with E-state index in [9.17, 15) is 0 Å². The third-order valence-corrected chi connectivity index (χ3v) is 5.75. The van der Waals surface area contributed by atoms with Crippen molar-refractivity contribution in [2.75, 3.05) is 6.54 Å². The van der Waals surface area contributed by atoms with Gasteiger partial charge in [-0.05, 0) is 55.8 Å². The summed E-state index contributed by atoms with van der Waals surface area (Å²) in [5.41, 5.74) is 7.85. The van der Waals surface area contributed by atoms with Crippen molar-refractivity contribution in [1.29, 1.82) is 0 Å². The summed E-state index contributed by atoms with van der Waals surface area (Å²) in [6, 6.07) is 9.63. The van der Waals surface area contributed by atoms with Crippen LogP contribution in [0.15, 0.2) is 24.3 Å². The first-order valence-corrected chi connectivity index (χ1v) is 8.85. The predicted molar refractivity (Wildman–Crippen MR) is 89.5 cm³/mol. The summed E-state index contributed by atoms with van der Waals surface area (Å²) >= 11 is 6.06. The van der Waals surface area contributed by atoms with Crippen LogP contribution in [0.3, 0.4) is 0 Å². The van der Waals surface area contributed by atoms with Gasteiger partial charge in [0.2, 0.25) is 0 Å². The lowest BCUT2D eigenvalue weighted by Gasteiger charge is -2.40. The number of rotatable bonds is 4. The van der Waals surface area contributed by atoms with Gasteiger partial charge in [-0.1, -0.05) is 43.5 Å². The first kappa shape index (κ1) is 15.3. The molecule has 0 bridgehead atoms. The molecular weight excluding hydrogens is 280 g/mol. The second-order valence-corrected chi connectivity index (χ2v) is 7.14. The number of fused-ring (bicyclic) bond motifs is 1. The average Bonchev–Trinajstić information content (AvgIpc) is 2.93. The number of nitrogens with two attached hydrogens (primary N) is 1. The van der Waals surface area contributed by atoms with Crippen LogP contribution in [0.25, 0.3) is 0 Å². The van der Waals surface area contributed by atoms with Crippen LogP contribution in [0.1, 0.15) is 57.1 Å². The zero-order chi connectivity index (χ0) is 14.8. The van der Waals surface area contributed by atoms with E-state index in [1.54, 1.807) is 0 Å². The molecule has 2 aliphatic rings. The van der Waals surface area contributed by atoms with Crippen LogP contribution in [0.4, 0.5) is 0 Å². The average molecular weight is 307 g/mol. The number of benzene rings is 1. The smallest absolute Gasteiger partial charge is 0.0502 e. The second-order valence-electron chi connectivity index (χ2n) is 6.71. The van der Waals surface area contributed by atoms with Crippen molar-refractivity contribution in [3.63, 3.8) is 0 Å². The van der Waals surface area contributed by atoms with Crippen LogP contribution >= 0.6 is 11.6 Å². The molecule has 1 heterocycles. The number of hydrogen-bond donors (Lipinski definition) is 1. The Hall–Kier alpha value is -0.570. The molecule has 0 amide bonds. The highest BCUT2D eigenvalue weighted by atomic mass is 35.5. The molecule has 1 aromatic carbocycles. The maximum atomic E-state index is 6.51. The van der Waals surface area contributed by atoms with Crippen molar-refractivity contribution in [3.8, 4) is 0 Å². The topological polar surface area (TPSA) is 29.3 Å². The highest BCUT2D eigenvalue weighted by Crippen LogP contribution is 2.41. The number of nitrogens with zero attached hydrogens (tertiary/aromatic N) is 1. The van der Waals surface area contributed by atoms with E-state index in [0.29, 0.717) is 6.04 Å². The monoisotopic (exact) mass is 306 g/mol. The fourth-order valence-electron chi connectivity index (χ4n) is 4.36. The molecule has 116 valence electrons. The number of likely N-dealkylation sites (tertiary alicyclic amines) is 1. The molecule has 4 atom stereocenters. The SMILES string of the molecule is CCC(N)C(c1ccc(Cl)cc1)N1CCC2CCCCC21. The highest BCUT2D eigenvalue weighted by molar-refractivity contribution is 6.30. The minimum Gasteiger partial charge on any atom is -0.326 e. The van der Waals surface area contributed by atoms with E-state index in [1.807, 2.05) is 12.1 Å². The lowest BCUT2D eigenvalue weighted by Crippen LogP contribution is -2.45. The van der Waals surface area contributed by atoms with E-state index < -0.39 is 0 Å². The quantitative estimate of drug-likeness (QED) is 0.894. The van der Waals surface area contributed by atoms with E-state index >= 15 is 0 Å². The van der Waals surface area contributed by atoms with Crippen molar-refractivity contribution >= 4 is 11.6 Å². The number of halogens is 1. The van der Waals surface area contributed by atoms with Gasteiger partial charge in [-0.3, -0.25) is 4.90 Å². The minimum absolute atomic E-state index is 0.201. The van der Waals surface area contributed by atoms with Crippen LogP contribution in [0, 0.1) is 5.92 Å². The predicted octanol–water partition coefficient (Wildman–Crippen LogP) is 4.38. The summed E-state index contributed by atoms with van der Waals surface area (Å²) in [4.78, 5) is 2.71. The van der Waals surface area contributed by atoms with E-state index in [1.165, 1.54) is 44.2 Å². The Kier molecular flexibility index (Phi) is 4.88. The molecule has 1 aromatic rings. The van der Waals surface area contributed by atoms with Crippen molar-refractivity contribution in [2.45, 2.75) is 63.6 Å². The lowest BCUT2D eigenvalue weighted by molar-refractivity contribution is 0.114. The standard InChI is InChI=1S/C18H27ClN2/c1-2-16(20)18(14-7-9-15(19)10-8-14)21-12-11-13-5-3-4-6-17(13)21/h7-10,13,16-18H,2-6,11-12,20H2,1H3. The molecular formula is C18H27ClN2. The summed E-state index contributed by atoms with van der Waals surface area (Å²) < 4.78 is 0. The van der Waals surface area contributed by atoms with E-state index in [4.69, 9.17) is 17.3 Å². The highest BCUT2D eigenvalue weighted by Gasteiger charge is 2.40.